The molecule has 1 fully saturated rings. The minimum Gasteiger partial charge on any atom is -0.454 e. The minimum atomic E-state index is -0.297. The van der Waals surface area contributed by atoms with Gasteiger partial charge in [-0.1, -0.05) is 6.07 Å². The van der Waals surface area contributed by atoms with Crippen LogP contribution in [0.3, 0.4) is 0 Å². The number of ether oxygens (including phenoxy) is 2. The van der Waals surface area contributed by atoms with Gasteiger partial charge in [0.2, 0.25) is 18.6 Å². The summed E-state index contributed by atoms with van der Waals surface area (Å²) in [6, 6.07) is 10.8. The zero-order valence-corrected chi connectivity index (χ0v) is 13.4. The third-order valence-corrected chi connectivity index (χ3v) is 4.27. The molecule has 128 valence electrons. The van der Waals surface area contributed by atoms with Crippen molar-refractivity contribution in [3.63, 3.8) is 0 Å². The Morgan fingerprint density at radius 3 is 2.76 bits per heavy atom. The molecule has 7 heteroatoms. The molecule has 25 heavy (non-hydrogen) atoms. The highest BCUT2D eigenvalue weighted by atomic mass is 16.7. The summed E-state index contributed by atoms with van der Waals surface area (Å²) >= 11 is 0. The number of amides is 2. The van der Waals surface area contributed by atoms with Gasteiger partial charge in [0.05, 0.1) is 24.1 Å². The molecule has 1 saturated carbocycles. The van der Waals surface area contributed by atoms with Crippen LogP contribution in [0.1, 0.15) is 12.1 Å². The van der Waals surface area contributed by atoms with E-state index in [2.05, 4.69) is 15.6 Å². The predicted octanol–water partition coefficient (Wildman–Crippen LogP) is 1.70. The number of pyridine rings is 1. The molecule has 2 N–H and O–H groups in total. The van der Waals surface area contributed by atoms with Gasteiger partial charge in [0, 0.05) is 18.0 Å². The Balaban J connectivity index is 1.29. The Hall–Kier alpha value is -3.09. The molecular weight excluding hydrogens is 322 g/mol. The lowest BCUT2D eigenvalue weighted by atomic mass is 10.2. The van der Waals surface area contributed by atoms with Crippen LogP contribution >= 0.6 is 0 Å². The minimum absolute atomic E-state index is 0.114. The zero-order valence-electron chi connectivity index (χ0n) is 13.4. The number of nitrogens with one attached hydrogen (secondary N) is 2. The van der Waals surface area contributed by atoms with Crippen molar-refractivity contribution in [3.05, 3.63) is 48.3 Å². The van der Waals surface area contributed by atoms with Crippen LogP contribution in [-0.2, 0) is 16.1 Å². The van der Waals surface area contributed by atoms with Crippen LogP contribution in [0.15, 0.2) is 42.6 Å². The number of carbonyl (C=O) groups is 2. The molecule has 0 saturated heterocycles. The van der Waals surface area contributed by atoms with Crippen LogP contribution in [0.25, 0.3) is 0 Å². The first kappa shape index (κ1) is 15.4. The van der Waals surface area contributed by atoms with Gasteiger partial charge >= 0.3 is 0 Å². The zero-order chi connectivity index (χ0) is 17.2. The third-order valence-electron chi connectivity index (χ3n) is 4.27. The van der Waals surface area contributed by atoms with Crippen molar-refractivity contribution in [1.82, 2.24) is 10.3 Å². The highest BCUT2D eigenvalue weighted by Crippen LogP contribution is 2.40. The fraction of sp³-hybridized carbons (Fsp3) is 0.278. The predicted molar refractivity (Wildman–Crippen MR) is 88.9 cm³/mol. The number of hydrogen-bond acceptors (Lipinski definition) is 5. The van der Waals surface area contributed by atoms with Crippen molar-refractivity contribution in [1.29, 1.82) is 0 Å². The highest BCUT2D eigenvalue weighted by molar-refractivity contribution is 5.99. The monoisotopic (exact) mass is 339 g/mol. The molecule has 4 rings (SSSR count). The van der Waals surface area contributed by atoms with Crippen LogP contribution in [0.5, 0.6) is 11.5 Å². The maximum Gasteiger partial charge on any atom is 0.231 e. The van der Waals surface area contributed by atoms with Crippen LogP contribution < -0.4 is 20.1 Å². The van der Waals surface area contributed by atoms with Gasteiger partial charge in [-0.05, 0) is 30.7 Å². The molecule has 7 nitrogen and oxygen atoms in total. The molecule has 2 amide bonds. The van der Waals surface area contributed by atoms with E-state index in [4.69, 9.17) is 9.47 Å². The molecule has 2 aromatic rings. The standard InChI is InChI=1S/C18H17N3O4/c22-17(20-9-12-3-1-2-6-19-12)13-8-14(13)18(23)21-11-4-5-15-16(7-11)25-10-24-15/h1-7,13-14H,8-10H2,(H,20,22)(H,21,23). The van der Waals surface area contributed by atoms with Crippen molar-refractivity contribution in [2.45, 2.75) is 13.0 Å². The molecule has 0 spiro atoms. The third kappa shape index (κ3) is 3.40. The molecule has 1 aliphatic heterocycles. The summed E-state index contributed by atoms with van der Waals surface area (Å²) < 4.78 is 10.5. The molecular formula is C18H17N3O4. The fourth-order valence-electron chi connectivity index (χ4n) is 2.80. The summed E-state index contributed by atoms with van der Waals surface area (Å²) in [5.74, 6) is 0.426. The van der Waals surface area contributed by atoms with Gasteiger partial charge in [-0.3, -0.25) is 14.6 Å². The first-order valence-corrected chi connectivity index (χ1v) is 8.09. The van der Waals surface area contributed by atoms with Crippen LogP contribution in [0.4, 0.5) is 5.69 Å². The maximum atomic E-state index is 12.3. The van der Waals surface area contributed by atoms with E-state index in [1.165, 1.54) is 0 Å². The van der Waals surface area contributed by atoms with E-state index in [1.807, 2.05) is 18.2 Å². The smallest absolute Gasteiger partial charge is 0.231 e. The highest BCUT2D eigenvalue weighted by Gasteiger charge is 2.48. The van der Waals surface area contributed by atoms with E-state index >= 15 is 0 Å². The lowest BCUT2D eigenvalue weighted by Crippen LogP contribution is -2.27. The van der Waals surface area contributed by atoms with Crippen LogP contribution in [-0.4, -0.2) is 23.6 Å². The normalized spacial score (nSPS) is 20.0. The van der Waals surface area contributed by atoms with Crippen molar-refractivity contribution in [3.8, 4) is 11.5 Å². The van der Waals surface area contributed by atoms with Gasteiger partial charge in [-0.25, -0.2) is 0 Å². The number of aromatic nitrogens is 1. The van der Waals surface area contributed by atoms with Gasteiger partial charge in [0.15, 0.2) is 11.5 Å². The van der Waals surface area contributed by atoms with Crippen molar-refractivity contribution in [2.24, 2.45) is 11.8 Å². The Morgan fingerprint density at radius 2 is 1.92 bits per heavy atom. The molecule has 1 aromatic heterocycles. The summed E-state index contributed by atoms with van der Waals surface area (Å²) in [6.07, 6.45) is 2.24. The number of hydrogen-bond donors (Lipinski definition) is 2. The maximum absolute atomic E-state index is 12.3. The second-order valence-electron chi connectivity index (χ2n) is 6.04. The van der Waals surface area contributed by atoms with Gasteiger partial charge < -0.3 is 20.1 Å². The Labute approximate surface area is 144 Å². The number of benzene rings is 1. The Bertz CT molecular complexity index is 809. The number of rotatable bonds is 5. The average Bonchev–Trinajstić information content (AvgIpc) is 3.31. The lowest BCUT2D eigenvalue weighted by molar-refractivity contribution is -0.125. The molecule has 0 radical (unpaired) electrons. The van der Waals surface area contributed by atoms with Gasteiger partial charge in [0.25, 0.3) is 0 Å². The van der Waals surface area contributed by atoms with Crippen molar-refractivity contribution in [2.75, 3.05) is 12.1 Å². The quantitative estimate of drug-likeness (QED) is 0.865. The van der Waals surface area contributed by atoms with E-state index in [1.54, 1.807) is 24.4 Å². The molecule has 2 heterocycles. The summed E-state index contributed by atoms with van der Waals surface area (Å²) in [6.45, 7) is 0.556. The largest absolute Gasteiger partial charge is 0.454 e. The van der Waals surface area contributed by atoms with Crippen molar-refractivity contribution >= 4 is 17.5 Å². The van der Waals surface area contributed by atoms with Gasteiger partial charge in [0.1, 0.15) is 0 Å². The van der Waals surface area contributed by atoms with E-state index in [0.29, 0.717) is 30.2 Å². The summed E-state index contributed by atoms with van der Waals surface area (Å²) in [5, 5.41) is 5.65. The second-order valence-corrected chi connectivity index (χ2v) is 6.04. The average molecular weight is 339 g/mol. The molecule has 1 aromatic carbocycles. The first-order valence-electron chi connectivity index (χ1n) is 8.09. The van der Waals surface area contributed by atoms with Gasteiger partial charge in [-0.15, -0.1) is 0 Å². The second kappa shape index (κ2) is 6.43. The molecule has 2 atom stereocenters. The Morgan fingerprint density at radius 1 is 1.08 bits per heavy atom. The SMILES string of the molecule is O=C(NCc1ccccn1)C1CC1C(=O)Nc1ccc2c(c1)OCO2. The van der Waals surface area contributed by atoms with E-state index < -0.39 is 0 Å². The molecule has 2 unspecified atom stereocenters. The number of carbonyl (C=O) groups excluding carboxylic acids is 2. The van der Waals surface area contributed by atoms with Crippen LogP contribution in [0, 0.1) is 11.8 Å². The number of anilines is 1. The summed E-state index contributed by atoms with van der Waals surface area (Å²) in [5.41, 5.74) is 1.42. The summed E-state index contributed by atoms with van der Waals surface area (Å²) in [7, 11) is 0. The molecule has 2 aliphatic rings. The summed E-state index contributed by atoms with van der Waals surface area (Å²) in [4.78, 5) is 28.6. The number of nitrogens with zero attached hydrogens (tertiary/aromatic N) is 1. The topological polar surface area (TPSA) is 89.6 Å². The van der Waals surface area contributed by atoms with Crippen molar-refractivity contribution < 1.29 is 19.1 Å². The van der Waals surface area contributed by atoms with E-state index in [0.717, 1.165) is 5.69 Å². The molecule has 1 aliphatic carbocycles. The molecule has 0 bridgehead atoms. The van der Waals surface area contributed by atoms with E-state index in [9.17, 15) is 9.59 Å². The number of fused-ring (bicyclic) bond motifs is 1. The van der Waals surface area contributed by atoms with Crippen LogP contribution in [0.2, 0.25) is 0 Å². The first-order chi connectivity index (χ1) is 12.2. The lowest BCUT2D eigenvalue weighted by Gasteiger charge is -2.07. The Kier molecular flexibility index (Phi) is 3.97. The van der Waals surface area contributed by atoms with Gasteiger partial charge in [-0.2, -0.15) is 0 Å². The van der Waals surface area contributed by atoms with E-state index in [-0.39, 0.29) is 30.4 Å². The fourth-order valence-corrected chi connectivity index (χ4v) is 2.80.